The van der Waals surface area contributed by atoms with Crippen molar-refractivity contribution in [3.63, 3.8) is 0 Å². The number of benzene rings is 1. The number of hydrogen-bond acceptors (Lipinski definition) is 3. The zero-order valence-corrected chi connectivity index (χ0v) is 10.0. The molecule has 2 aromatic rings. The minimum absolute atomic E-state index is 0.752. The Balaban J connectivity index is 2.57. The first-order valence-electron chi connectivity index (χ1n) is 4.44. The molecule has 4 nitrogen and oxygen atoms in total. The van der Waals surface area contributed by atoms with Gasteiger partial charge in [0.25, 0.3) is 0 Å². The molecule has 0 radical (unpaired) electrons. The summed E-state index contributed by atoms with van der Waals surface area (Å²) >= 11 is 3.42. The summed E-state index contributed by atoms with van der Waals surface area (Å²) in [5.74, 6) is 0.752. The van der Waals surface area contributed by atoms with E-state index in [0.29, 0.717) is 0 Å². The Morgan fingerprint density at radius 3 is 2.80 bits per heavy atom. The monoisotopic (exact) mass is 267 g/mol. The van der Waals surface area contributed by atoms with Crippen molar-refractivity contribution in [1.82, 2.24) is 15.0 Å². The molecule has 1 aromatic heterocycles. The standard InChI is InChI=1S/C10H10BrN3O/c1-7-6-14(13-12-7)9-5-3-4-8(11)10(9)15-2/h3-6H,1-2H3. The zero-order chi connectivity index (χ0) is 10.8. The van der Waals surface area contributed by atoms with Gasteiger partial charge in [-0.15, -0.1) is 5.10 Å². The molecule has 0 bridgehead atoms. The highest BCUT2D eigenvalue weighted by Gasteiger charge is 2.09. The predicted molar refractivity (Wildman–Crippen MR) is 60.3 cm³/mol. The lowest BCUT2D eigenvalue weighted by Gasteiger charge is -2.08. The number of para-hydroxylation sites is 1. The van der Waals surface area contributed by atoms with Gasteiger partial charge in [-0.1, -0.05) is 11.3 Å². The molecule has 1 heterocycles. The summed E-state index contributed by atoms with van der Waals surface area (Å²) in [7, 11) is 1.63. The van der Waals surface area contributed by atoms with Crippen LogP contribution in [0.25, 0.3) is 5.69 Å². The van der Waals surface area contributed by atoms with Crippen LogP contribution in [0.5, 0.6) is 5.75 Å². The van der Waals surface area contributed by atoms with Gasteiger partial charge in [-0.2, -0.15) is 0 Å². The zero-order valence-electron chi connectivity index (χ0n) is 8.44. The summed E-state index contributed by atoms with van der Waals surface area (Å²) in [6.45, 7) is 1.90. The van der Waals surface area contributed by atoms with Crippen LogP contribution in [-0.4, -0.2) is 22.1 Å². The molecule has 2 rings (SSSR count). The minimum atomic E-state index is 0.752. The van der Waals surface area contributed by atoms with E-state index in [9.17, 15) is 0 Å². The second-order valence-corrected chi connectivity index (χ2v) is 3.95. The first-order valence-corrected chi connectivity index (χ1v) is 5.23. The van der Waals surface area contributed by atoms with Gasteiger partial charge in [-0.05, 0) is 35.0 Å². The molecule has 0 N–H and O–H groups in total. The molecule has 15 heavy (non-hydrogen) atoms. The van der Waals surface area contributed by atoms with Crippen molar-refractivity contribution in [3.05, 3.63) is 34.6 Å². The third-order valence-electron chi connectivity index (χ3n) is 2.01. The van der Waals surface area contributed by atoms with E-state index in [1.165, 1.54) is 0 Å². The van der Waals surface area contributed by atoms with Gasteiger partial charge < -0.3 is 4.74 Å². The van der Waals surface area contributed by atoms with Crippen LogP contribution in [0.2, 0.25) is 0 Å². The average Bonchev–Trinajstić information content (AvgIpc) is 2.64. The summed E-state index contributed by atoms with van der Waals surface area (Å²) in [4.78, 5) is 0. The van der Waals surface area contributed by atoms with Crippen LogP contribution in [0.1, 0.15) is 5.69 Å². The highest BCUT2D eigenvalue weighted by molar-refractivity contribution is 9.10. The molecule has 0 aliphatic rings. The van der Waals surface area contributed by atoms with E-state index in [1.54, 1.807) is 11.8 Å². The van der Waals surface area contributed by atoms with Crippen molar-refractivity contribution in [2.24, 2.45) is 0 Å². The quantitative estimate of drug-likeness (QED) is 0.839. The van der Waals surface area contributed by atoms with Crippen LogP contribution >= 0.6 is 15.9 Å². The SMILES string of the molecule is COc1c(Br)cccc1-n1cc(C)nn1. The number of nitrogens with zero attached hydrogens (tertiary/aromatic N) is 3. The van der Waals surface area contributed by atoms with Crippen LogP contribution in [0.15, 0.2) is 28.9 Å². The van der Waals surface area contributed by atoms with Gasteiger partial charge in [-0.3, -0.25) is 0 Å². The van der Waals surface area contributed by atoms with Gasteiger partial charge in [0.05, 0.1) is 23.5 Å². The summed E-state index contributed by atoms with van der Waals surface area (Å²) in [5.41, 5.74) is 1.74. The van der Waals surface area contributed by atoms with E-state index < -0.39 is 0 Å². The smallest absolute Gasteiger partial charge is 0.158 e. The molecule has 0 spiro atoms. The predicted octanol–water partition coefficient (Wildman–Crippen LogP) is 2.35. The number of halogens is 1. The Kier molecular flexibility index (Phi) is 2.73. The molecule has 0 aliphatic heterocycles. The lowest BCUT2D eigenvalue weighted by molar-refractivity contribution is 0.408. The van der Waals surface area contributed by atoms with Crippen LogP contribution in [0, 0.1) is 6.92 Å². The van der Waals surface area contributed by atoms with Gasteiger partial charge in [-0.25, -0.2) is 4.68 Å². The summed E-state index contributed by atoms with van der Waals surface area (Å²) in [6.07, 6.45) is 1.85. The molecule has 0 aliphatic carbocycles. The van der Waals surface area contributed by atoms with E-state index in [0.717, 1.165) is 21.6 Å². The number of methoxy groups -OCH3 is 1. The fraction of sp³-hybridized carbons (Fsp3) is 0.200. The number of rotatable bonds is 2. The molecule has 0 saturated heterocycles. The summed E-state index contributed by atoms with van der Waals surface area (Å²) in [5, 5.41) is 7.94. The van der Waals surface area contributed by atoms with Gasteiger partial charge in [0.2, 0.25) is 0 Å². The topological polar surface area (TPSA) is 39.9 Å². The Hall–Kier alpha value is -1.36. The lowest BCUT2D eigenvalue weighted by Crippen LogP contribution is -1.99. The Morgan fingerprint density at radius 1 is 1.40 bits per heavy atom. The molecule has 0 unspecified atom stereocenters. The first kappa shape index (κ1) is 10.2. The number of hydrogen-bond donors (Lipinski definition) is 0. The maximum absolute atomic E-state index is 5.30. The number of aromatic nitrogens is 3. The normalized spacial score (nSPS) is 10.3. The molecule has 0 saturated carbocycles. The first-order chi connectivity index (χ1) is 7.22. The molecule has 78 valence electrons. The molecule has 0 amide bonds. The fourth-order valence-corrected chi connectivity index (χ4v) is 1.86. The number of aryl methyl sites for hydroxylation is 1. The van der Waals surface area contributed by atoms with Crippen molar-refractivity contribution >= 4 is 15.9 Å². The molecular weight excluding hydrogens is 258 g/mol. The minimum Gasteiger partial charge on any atom is -0.493 e. The van der Waals surface area contributed by atoms with Crippen molar-refractivity contribution in [1.29, 1.82) is 0 Å². The second kappa shape index (κ2) is 4.02. The Bertz CT molecular complexity index is 481. The number of ether oxygens (including phenoxy) is 1. The Labute approximate surface area is 96.0 Å². The van der Waals surface area contributed by atoms with Crippen LogP contribution in [0.4, 0.5) is 0 Å². The molecule has 0 atom stereocenters. The highest BCUT2D eigenvalue weighted by Crippen LogP contribution is 2.30. The third-order valence-corrected chi connectivity index (χ3v) is 2.63. The van der Waals surface area contributed by atoms with Gasteiger partial charge in [0, 0.05) is 0 Å². The van der Waals surface area contributed by atoms with Crippen molar-refractivity contribution < 1.29 is 4.74 Å². The van der Waals surface area contributed by atoms with Gasteiger partial charge in [0.15, 0.2) is 5.75 Å². The van der Waals surface area contributed by atoms with Crippen LogP contribution in [0.3, 0.4) is 0 Å². The summed E-state index contributed by atoms with van der Waals surface area (Å²) < 4.78 is 7.90. The van der Waals surface area contributed by atoms with Crippen LogP contribution < -0.4 is 4.74 Å². The molecule has 5 heteroatoms. The fourth-order valence-electron chi connectivity index (χ4n) is 1.34. The Morgan fingerprint density at radius 2 is 2.20 bits per heavy atom. The van der Waals surface area contributed by atoms with E-state index >= 15 is 0 Å². The van der Waals surface area contributed by atoms with E-state index in [4.69, 9.17) is 4.74 Å². The summed E-state index contributed by atoms with van der Waals surface area (Å²) in [6, 6.07) is 5.78. The van der Waals surface area contributed by atoms with E-state index in [-0.39, 0.29) is 0 Å². The van der Waals surface area contributed by atoms with Crippen LogP contribution in [-0.2, 0) is 0 Å². The second-order valence-electron chi connectivity index (χ2n) is 3.10. The molecule has 1 aromatic carbocycles. The van der Waals surface area contributed by atoms with E-state index in [2.05, 4.69) is 26.2 Å². The average molecular weight is 268 g/mol. The molecular formula is C10H10BrN3O. The molecule has 0 fully saturated rings. The lowest BCUT2D eigenvalue weighted by atomic mass is 10.3. The van der Waals surface area contributed by atoms with E-state index in [1.807, 2.05) is 31.3 Å². The maximum atomic E-state index is 5.30. The van der Waals surface area contributed by atoms with Crippen molar-refractivity contribution in [3.8, 4) is 11.4 Å². The largest absolute Gasteiger partial charge is 0.493 e. The third kappa shape index (κ3) is 1.87. The highest BCUT2D eigenvalue weighted by atomic mass is 79.9. The van der Waals surface area contributed by atoms with Crippen molar-refractivity contribution in [2.45, 2.75) is 6.92 Å². The van der Waals surface area contributed by atoms with Gasteiger partial charge >= 0.3 is 0 Å². The van der Waals surface area contributed by atoms with Gasteiger partial charge in [0.1, 0.15) is 5.69 Å². The van der Waals surface area contributed by atoms with Crippen molar-refractivity contribution in [2.75, 3.05) is 7.11 Å². The maximum Gasteiger partial charge on any atom is 0.158 e.